The van der Waals surface area contributed by atoms with E-state index in [0.717, 1.165) is 44.4 Å². The summed E-state index contributed by atoms with van der Waals surface area (Å²) in [5, 5.41) is 0. The number of aldehydes is 1. The number of ether oxygens (including phenoxy) is 1. The maximum absolute atomic E-state index is 14.3. The largest absolute Gasteiger partial charge is 0.367 e. The molecule has 0 amide bonds. The van der Waals surface area contributed by atoms with Crippen molar-refractivity contribution in [3.05, 3.63) is 101 Å². The topological polar surface area (TPSA) is 58.8 Å². The van der Waals surface area contributed by atoms with E-state index in [0.29, 0.717) is 37.2 Å². The number of likely N-dealkylation sites (tertiary alicyclic amines) is 1. The second-order valence-corrected chi connectivity index (χ2v) is 10.2. The minimum atomic E-state index is -0.873. The van der Waals surface area contributed by atoms with E-state index < -0.39 is 17.2 Å². The van der Waals surface area contributed by atoms with Gasteiger partial charge >= 0.3 is 0 Å². The average molecular weight is 506 g/mol. The number of rotatable bonds is 7. The standard InChI is InChI=1S/C30H33F2N3O2/c31-27-11-8-25(20-28(27)32)30(22-35(18-19-37-30)26-9-6-23(21-36)7-10-26)14-17-34-15-12-29(33,13-16-34)24-4-2-1-3-5-24/h1-11,20-21H,12-19,22,33H2. The molecular weight excluding hydrogens is 472 g/mol. The Hall–Kier alpha value is -3.13. The monoisotopic (exact) mass is 505 g/mol. The van der Waals surface area contributed by atoms with Crippen LogP contribution in [0.2, 0.25) is 0 Å². The summed E-state index contributed by atoms with van der Waals surface area (Å²) >= 11 is 0. The van der Waals surface area contributed by atoms with Crippen LogP contribution in [0.15, 0.2) is 72.8 Å². The lowest BCUT2D eigenvalue weighted by Crippen LogP contribution is -2.53. The molecule has 2 heterocycles. The SMILES string of the molecule is NC1(c2ccccc2)CCN(CCC2(c3ccc(F)c(F)c3)CN(c3ccc(C=O)cc3)CCO2)CC1. The van der Waals surface area contributed by atoms with Crippen LogP contribution in [0.25, 0.3) is 0 Å². The number of halogens is 2. The number of benzene rings is 3. The summed E-state index contributed by atoms with van der Waals surface area (Å²) < 4.78 is 34.6. The van der Waals surface area contributed by atoms with E-state index in [4.69, 9.17) is 10.5 Å². The van der Waals surface area contributed by atoms with Crippen LogP contribution in [0.5, 0.6) is 0 Å². The van der Waals surface area contributed by atoms with Crippen molar-refractivity contribution in [1.29, 1.82) is 0 Å². The normalized spacial score (nSPS) is 22.1. The highest BCUT2D eigenvalue weighted by Gasteiger charge is 2.40. The van der Waals surface area contributed by atoms with Gasteiger partial charge in [-0.05, 0) is 66.8 Å². The maximum atomic E-state index is 14.3. The molecule has 0 spiro atoms. The number of hydrogen-bond acceptors (Lipinski definition) is 5. The van der Waals surface area contributed by atoms with Gasteiger partial charge in [0.05, 0.1) is 13.2 Å². The molecule has 0 aliphatic carbocycles. The van der Waals surface area contributed by atoms with Gasteiger partial charge in [-0.15, -0.1) is 0 Å². The molecule has 194 valence electrons. The summed E-state index contributed by atoms with van der Waals surface area (Å²) in [6.07, 6.45) is 3.15. The highest BCUT2D eigenvalue weighted by atomic mass is 19.2. The van der Waals surface area contributed by atoms with Crippen LogP contribution in [0.3, 0.4) is 0 Å². The molecule has 2 N–H and O–H groups in total. The fraction of sp³-hybridized carbons (Fsp3) is 0.367. The quantitative estimate of drug-likeness (QED) is 0.466. The van der Waals surface area contributed by atoms with Crippen LogP contribution in [-0.4, -0.2) is 50.5 Å². The van der Waals surface area contributed by atoms with Gasteiger partial charge in [-0.1, -0.05) is 36.4 Å². The summed E-state index contributed by atoms with van der Waals surface area (Å²) in [7, 11) is 0. The number of carbonyl (C=O) groups is 1. The fourth-order valence-electron chi connectivity index (χ4n) is 5.59. The number of carbonyl (C=O) groups excluding carboxylic acids is 1. The molecule has 5 rings (SSSR count). The molecule has 2 saturated heterocycles. The number of morpholine rings is 1. The van der Waals surface area contributed by atoms with E-state index in [1.54, 1.807) is 18.2 Å². The van der Waals surface area contributed by atoms with Gasteiger partial charge in [0.2, 0.25) is 0 Å². The fourth-order valence-corrected chi connectivity index (χ4v) is 5.59. The Morgan fingerprint density at radius 1 is 0.892 bits per heavy atom. The lowest BCUT2D eigenvalue weighted by molar-refractivity contribution is -0.0726. The van der Waals surface area contributed by atoms with Gasteiger partial charge in [-0.2, -0.15) is 0 Å². The van der Waals surface area contributed by atoms with Crippen molar-refractivity contribution < 1.29 is 18.3 Å². The first-order chi connectivity index (χ1) is 17.9. The van der Waals surface area contributed by atoms with Crippen molar-refractivity contribution in [2.45, 2.75) is 30.4 Å². The summed E-state index contributed by atoms with van der Waals surface area (Å²) in [5.74, 6) is -1.74. The molecule has 1 atom stereocenters. The predicted octanol–water partition coefficient (Wildman–Crippen LogP) is 4.85. The first-order valence-corrected chi connectivity index (χ1v) is 12.9. The van der Waals surface area contributed by atoms with E-state index in [1.165, 1.54) is 17.7 Å². The Labute approximate surface area is 216 Å². The van der Waals surface area contributed by atoms with E-state index in [1.807, 2.05) is 30.3 Å². The molecule has 0 bridgehead atoms. The molecule has 0 radical (unpaired) electrons. The number of anilines is 1. The van der Waals surface area contributed by atoms with Crippen molar-refractivity contribution in [2.75, 3.05) is 44.2 Å². The Balaban J connectivity index is 1.34. The van der Waals surface area contributed by atoms with E-state index in [-0.39, 0.29) is 5.54 Å². The van der Waals surface area contributed by atoms with Crippen molar-refractivity contribution in [1.82, 2.24) is 4.90 Å². The summed E-state index contributed by atoms with van der Waals surface area (Å²) in [6.45, 7) is 4.09. The predicted molar refractivity (Wildman–Crippen MR) is 141 cm³/mol. The van der Waals surface area contributed by atoms with Crippen molar-refractivity contribution in [2.24, 2.45) is 5.73 Å². The highest BCUT2D eigenvalue weighted by Crippen LogP contribution is 2.37. The van der Waals surface area contributed by atoms with Gasteiger partial charge in [0.1, 0.15) is 11.9 Å². The first kappa shape index (κ1) is 25.5. The Kier molecular flexibility index (Phi) is 7.38. The van der Waals surface area contributed by atoms with Crippen molar-refractivity contribution in [3.63, 3.8) is 0 Å². The number of nitrogens with two attached hydrogens (primary N) is 1. The molecular formula is C30H33F2N3O2. The average Bonchev–Trinajstić information content (AvgIpc) is 2.95. The molecule has 2 fully saturated rings. The lowest BCUT2D eigenvalue weighted by Gasteiger charge is -2.46. The minimum absolute atomic E-state index is 0.332. The zero-order valence-corrected chi connectivity index (χ0v) is 20.9. The molecule has 7 heteroatoms. The highest BCUT2D eigenvalue weighted by molar-refractivity contribution is 5.75. The number of hydrogen-bond donors (Lipinski definition) is 1. The third-order valence-corrected chi connectivity index (χ3v) is 7.95. The van der Waals surface area contributed by atoms with Crippen LogP contribution in [0.1, 0.15) is 40.7 Å². The molecule has 1 unspecified atom stereocenters. The zero-order chi connectivity index (χ0) is 25.9. The lowest BCUT2D eigenvalue weighted by atomic mass is 9.81. The molecule has 5 nitrogen and oxygen atoms in total. The third-order valence-electron chi connectivity index (χ3n) is 7.95. The van der Waals surface area contributed by atoms with E-state index >= 15 is 0 Å². The molecule has 3 aromatic rings. The van der Waals surface area contributed by atoms with Gasteiger partial charge in [0.15, 0.2) is 11.6 Å². The van der Waals surface area contributed by atoms with Crippen LogP contribution in [-0.2, 0) is 15.9 Å². The second kappa shape index (κ2) is 10.7. The molecule has 3 aromatic carbocycles. The molecule has 0 saturated carbocycles. The van der Waals surface area contributed by atoms with Crippen LogP contribution in [0.4, 0.5) is 14.5 Å². The molecule has 2 aliphatic heterocycles. The second-order valence-electron chi connectivity index (χ2n) is 10.2. The van der Waals surface area contributed by atoms with Crippen molar-refractivity contribution >= 4 is 12.0 Å². The van der Waals surface area contributed by atoms with Crippen LogP contribution < -0.4 is 10.6 Å². The van der Waals surface area contributed by atoms with E-state index in [9.17, 15) is 13.6 Å². The van der Waals surface area contributed by atoms with Gasteiger partial charge < -0.3 is 20.3 Å². The Morgan fingerprint density at radius 2 is 1.62 bits per heavy atom. The number of nitrogens with zero attached hydrogens (tertiary/aromatic N) is 2. The smallest absolute Gasteiger partial charge is 0.159 e. The first-order valence-electron chi connectivity index (χ1n) is 12.9. The van der Waals surface area contributed by atoms with Gasteiger partial charge in [0.25, 0.3) is 0 Å². The summed E-state index contributed by atoms with van der Waals surface area (Å²) in [6, 6.07) is 21.7. The Bertz CT molecular complexity index is 1210. The molecule has 2 aliphatic rings. The molecule has 37 heavy (non-hydrogen) atoms. The third kappa shape index (κ3) is 5.44. The van der Waals surface area contributed by atoms with Crippen LogP contribution in [0, 0.1) is 11.6 Å². The van der Waals surface area contributed by atoms with Gasteiger partial charge in [-0.3, -0.25) is 4.79 Å². The minimum Gasteiger partial charge on any atom is -0.367 e. The maximum Gasteiger partial charge on any atom is 0.159 e. The van der Waals surface area contributed by atoms with Crippen LogP contribution >= 0.6 is 0 Å². The zero-order valence-electron chi connectivity index (χ0n) is 20.9. The van der Waals surface area contributed by atoms with Crippen molar-refractivity contribution in [3.8, 4) is 0 Å². The van der Waals surface area contributed by atoms with Gasteiger partial charge in [-0.25, -0.2) is 8.78 Å². The van der Waals surface area contributed by atoms with E-state index in [2.05, 4.69) is 21.9 Å². The number of piperidine rings is 1. The Morgan fingerprint density at radius 3 is 2.30 bits per heavy atom. The summed E-state index contributed by atoms with van der Waals surface area (Å²) in [4.78, 5) is 15.7. The summed E-state index contributed by atoms with van der Waals surface area (Å²) in [5.41, 5.74) is 9.02. The van der Waals surface area contributed by atoms with Gasteiger partial charge in [0, 0.05) is 43.0 Å². The molecule has 0 aromatic heterocycles.